The molecule has 7 heteroatoms. The largest absolute Gasteiger partial charge is 0.347 e. The van der Waals surface area contributed by atoms with Crippen LogP contribution in [0, 0.1) is 0 Å². The first kappa shape index (κ1) is 16.6. The monoisotopic (exact) mass is 324 g/mol. The molecule has 1 aliphatic rings. The van der Waals surface area contributed by atoms with E-state index < -0.39 is 16.1 Å². The highest BCUT2D eigenvalue weighted by Gasteiger charge is 2.39. The Morgan fingerprint density at radius 1 is 1.18 bits per heavy atom. The van der Waals surface area contributed by atoms with Crippen molar-refractivity contribution in [3.8, 4) is 0 Å². The first-order valence-electron chi connectivity index (χ1n) is 7.09. The van der Waals surface area contributed by atoms with Gasteiger partial charge in [0.15, 0.2) is 5.78 Å². The standard InChI is InChI=1S/C15H20N2O4S/c1-11(18)12-6-8-13(9-7-12)22(20,21)17-10-4-5-14(17)15(19)16(2)3/h6-9,14H,4-5,10H2,1-3H3/t14-/m0/s1. The first-order valence-corrected chi connectivity index (χ1v) is 8.53. The SMILES string of the molecule is CC(=O)c1ccc(S(=O)(=O)N2CCC[C@H]2C(=O)N(C)C)cc1. The summed E-state index contributed by atoms with van der Waals surface area (Å²) in [6.07, 6.45) is 1.19. The number of amides is 1. The summed E-state index contributed by atoms with van der Waals surface area (Å²) in [5.74, 6) is -0.327. The molecule has 120 valence electrons. The summed E-state index contributed by atoms with van der Waals surface area (Å²) >= 11 is 0. The first-order chi connectivity index (χ1) is 10.2. The van der Waals surface area contributed by atoms with E-state index in [2.05, 4.69) is 0 Å². The third kappa shape index (κ3) is 3.05. The second-order valence-corrected chi connectivity index (χ2v) is 7.48. The molecule has 1 aliphatic heterocycles. The van der Waals surface area contributed by atoms with Gasteiger partial charge >= 0.3 is 0 Å². The van der Waals surface area contributed by atoms with Crippen LogP contribution in [0.4, 0.5) is 0 Å². The molecule has 0 N–H and O–H groups in total. The van der Waals surface area contributed by atoms with Crippen molar-refractivity contribution < 1.29 is 18.0 Å². The summed E-state index contributed by atoms with van der Waals surface area (Å²) < 4.78 is 26.7. The van der Waals surface area contributed by atoms with Crippen LogP contribution < -0.4 is 0 Å². The molecule has 1 atom stereocenters. The Labute approximate surface area is 130 Å². The van der Waals surface area contributed by atoms with E-state index in [4.69, 9.17) is 0 Å². The zero-order chi connectivity index (χ0) is 16.5. The van der Waals surface area contributed by atoms with Crippen LogP contribution in [0.15, 0.2) is 29.2 Å². The molecule has 22 heavy (non-hydrogen) atoms. The smallest absolute Gasteiger partial charge is 0.243 e. The number of benzene rings is 1. The number of nitrogens with zero attached hydrogens (tertiary/aromatic N) is 2. The molecule has 1 aromatic rings. The van der Waals surface area contributed by atoms with Gasteiger partial charge in [0.1, 0.15) is 6.04 Å². The molecule has 1 aromatic carbocycles. The predicted octanol–water partition coefficient (Wildman–Crippen LogP) is 1.13. The van der Waals surface area contributed by atoms with E-state index in [1.165, 1.54) is 40.4 Å². The number of ketones is 1. The predicted molar refractivity (Wildman–Crippen MR) is 82.1 cm³/mol. The summed E-state index contributed by atoms with van der Waals surface area (Å²) in [5, 5.41) is 0. The van der Waals surface area contributed by atoms with Crippen molar-refractivity contribution in [2.75, 3.05) is 20.6 Å². The van der Waals surface area contributed by atoms with Crippen LogP contribution >= 0.6 is 0 Å². The highest BCUT2D eigenvalue weighted by Crippen LogP contribution is 2.27. The maximum Gasteiger partial charge on any atom is 0.243 e. The summed E-state index contributed by atoms with van der Waals surface area (Å²) in [6.45, 7) is 1.76. The summed E-state index contributed by atoms with van der Waals surface area (Å²) in [7, 11) is -0.498. The van der Waals surface area contributed by atoms with Crippen LogP contribution in [-0.2, 0) is 14.8 Å². The van der Waals surface area contributed by atoms with Crippen molar-refractivity contribution in [1.82, 2.24) is 9.21 Å². The molecule has 1 heterocycles. The third-order valence-corrected chi connectivity index (χ3v) is 5.72. The average molecular weight is 324 g/mol. The van der Waals surface area contributed by atoms with Gasteiger partial charge in [-0.2, -0.15) is 4.31 Å². The number of hydrogen-bond acceptors (Lipinski definition) is 4. The maximum atomic E-state index is 12.7. The van der Waals surface area contributed by atoms with Gasteiger partial charge in [0, 0.05) is 26.2 Å². The van der Waals surface area contributed by atoms with Crippen LogP contribution in [0.5, 0.6) is 0 Å². The fraction of sp³-hybridized carbons (Fsp3) is 0.467. The molecule has 1 amide bonds. The minimum atomic E-state index is -3.73. The summed E-state index contributed by atoms with van der Waals surface area (Å²) in [6, 6.07) is 5.18. The number of carbonyl (C=O) groups excluding carboxylic acids is 2. The lowest BCUT2D eigenvalue weighted by atomic mass is 10.2. The Bertz CT molecular complexity index is 680. The van der Waals surface area contributed by atoms with E-state index in [0.29, 0.717) is 24.9 Å². The lowest BCUT2D eigenvalue weighted by Gasteiger charge is -2.25. The number of rotatable bonds is 4. The molecule has 2 rings (SSSR count). The molecule has 0 spiro atoms. The molecular weight excluding hydrogens is 304 g/mol. The minimum absolute atomic E-state index is 0.107. The zero-order valence-electron chi connectivity index (χ0n) is 12.9. The van der Waals surface area contributed by atoms with E-state index >= 15 is 0 Å². The minimum Gasteiger partial charge on any atom is -0.347 e. The molecule has 0 saturated carbocycles. The normalized spacial score (nSPS) is 19.1. The average Bonchev–Trinajstić information content (AvgIpc) is 2.96. The van der Waals surface area contributed by atoms with Crippen molar-refractivity contribution in [3.63, 3.8) is 0 Å². The molecule has 0 unspecified atom stereocenters. The van der Waals surface area contributed by atoms with E-state index in [1.807, 2.05) is 0 Å². The van der Waals surface area contributed by atoms with E-state index in [9.17, 15) is 18.0 Å². The van der Waals surface area contributed by atoms with Crippen LogP contribution in [0.25, 0.3) is 0 Å². The number of Topliss-reactive ketones (excluding diaryl/α,β-unsaturated/α-hetero) is 1. The second-order valence-electron chi connectivity index (χ2n) is 5.59. The van der Waals surface area contributed by atoms with Gasteiger partial charge in [0.2, 0.25) is 15.9 Å². The third-order valence-electron chi connectivity index (χ3n) is 3.80. The van der Waals surface area contributed by atoms with Gasteiger partial charge in [-0.3, -0.25) is 9.59 Å². The Morgan fingerprint density at radius 2 is 1.77 bits per heavy atom. The second kappa shape index (κ2) is 6.18. The van der Waals surface area contributed by atoms with E-state index in [1.54, 1.807) is 14.1 Å². The molecule has 0 radical (unpaired) electrons. The number of sulfonamides is 1. The number of hydrogen-bond donors (Lipinski definition) is 0. The summed E-state index contributed by atoms with van der Waals surface area (Å²) in [4.78, 5) is 24.9. The highest BCUT2D eigenvalue weighted by molar-refractivity contribution is 7.89. The fourth-order valence-corrected chi connectivity index (χ4v) is 4.22. The van der Waals surface area contributed by atoms with Crippen molar-refractivity contribution in [3.05, 3.63) is 29.8 Å². The molecule has 0 aromatic heterocycles. The maximum absolute atomic E-state index is 12.7. The topological polar surface area (TPSA) is 74.8 Å². The van der Waals surface area contributed by atoms with Crippen LogP contribution in [-0.4, -0.2) is 56.0 Å². The van der Waals surface area contributed by atoms with Gasteiger partial charge in [-0.05, 0) is 31.9 Å². The number of carbonyl (C=O) groups is 2. The van der Waals surface area contributed by atoms with Gasteiger partial charge in [-0.15, -0.1) is 0 Å². The molecule has 1 fully saturated rings. The van der Waals surface area contributed by atoms with Crippen molar-refractivity contribution >= 4 is 21.7 Å². The lowest BCUT2D eigenvalue weighted by Crippen LogP contribution is -2.45. The van der Waals surface area contributed by atoms with Crippen LogP contribution in [0.2, 0.25) is 0 Å². The van der Waals surface area contributed by atoms with Gasteiger partial charge in [-0.1, -0.05) is 12.1 Å². The Balaban J connectivity index is 2.33. The molecule has 1 saturated heterocycles. The highest BCUT2D eigenvalue weighted by atomic mass is 32.2. The van der Waals surface area contributed by atoms with Gasteiger partial charge in [0.25, 0.3) is 0 Å². The fourth-order valence-electron chi connectivity index (χ4n) is 2.57. The quantitative estimate of drug-likeness (QED) is 0.778. The lowest BCUT2D eigenvalue weighted by molar-refractivity contribution is -0.132. The van der Waals surface area contributed by atoms with Crippen LogP contribution in [0.3, 0.4) is 0 Å². The van der Waals surface area contributed by atoms with Gasteiger partial charge in [0.05, 0.1) is 4.90 Å². The van der Waals surface area contributed by atoms with Crippen molar-refractivity contribution in [1.29, 1.82) is 0 Å². The Morgan fingerprint density at radius 3 is 2.27 bits per heavy atom. The molecule has 0 aliphatic carbocycles. The molecule has 0 bridgehead atoms. The van der Waals surface area contributed by atoms with E-state index in [-0.39, 0.29) is 16.6 Å². The molecular formula is C15H20N2O4S. The Kier molecular flexibility index (Phi) is 4.67. The Hall–Kier alpha value is -1.73. The van der Waals surface area contributed by atoms with E-state index in [0.717, 1.165) is 0 Å². The molecule has 6 nitrogen and oxygen atoms in total. The summed E-state index contributed by atoms with van der Waals surface area (Å²) in [5.41, 5.74) is 0.460. The van der Waals surface area contributed by atoms with Crippen molar-refractivity contribution in [2.45, 2.75) is 30.7 Å². The van der Waals surface area contributed by atoms with Crippen molar-refractivity contribution in [2.24, 2.45) is 0 Å². The van der Waals surface area contributed by atoms with Gasteiger partial charge < -0.3 is 4.90 Å². The zero-order valence-corrected chi connectivity index (χ0v) is 13.8. The number of likely N-dealkylation sites (N-methyl/N-ethyl adjacent to an activating group) is 1. The van der Waals surface area contributed by atoms with Gasteiger partial charge in [-0.25, -0.2) is 8.42 Å². The van der Waals surface area contributed by atoms with Crippen LogP contribution in [0.1, 0.15) is 30.1 Å².